The van der Waals surface area contributed by atoms with Crippen molar-refractivity contribution < 1.29 is 9.34 Å². The molecule has 0 atom stereocenters. The summed E-state index contributed by atoms with van der Waals surface area (Å²) in [5, 5.41) is 21.6. The van der Waals surface area contributed by atoms with E-state index in [2.05, 4.69) is 6.07 Å². The molecule has 0 spiro atoms. The first-order valence-corrected chi connectivity index (χ1v) is 8.64. The summed E-state index contributed by atoms with van der Waals surface area (Å²) in [6, 6.07) is 18.9. The SMILES string of the molecule is N#C/C(=C/c1ccc(Sc2ccc(Cl)cc2)o1)c1cccc([N+](=O)[O-])c1. The van der Waals surface area contributed by atoms with Gasteiger partial charge in [-0.25, -0.2) is 0 Å². The highest BCUT2D eigenvalue weighted by atomic mass is 35.5. The number of nitriles is 1. The van der Waals surface area contributed by atoms with Crippen LogP contribution in [0.1, 0.15) is 11.3 Å². The number of allylic oxidation sites excluding steroid dienone is 1. The summed E-state index contributed by atoms with van der Waals surface area (Å²) in [4.78, 5) is 11.4. The molecule has 0 aliphatic rings. The zero-order chi connectivity index (χ0) is 18.5. The smallest absolute Gasteiger partial charge is 0.270 e. The Bertz CT molecular complexity index is 1020. The number of benzene rings is 2. The van der Waals surface area contributed by atoms with Gasteiger partial charge in [0.15, 0.2) is 5.09 Å². The minimum atomic E-state index is -0.494. The lowest BCUT2D eigenvalue weighted by molar-refractivity contribution is -0.384. The van der Waals surface area contributed by atoms with Crippen molar-refractivity contribution in [3.05, 3.63) is 87.1 Å². The van der Waals surface area contributed by atoms with E-state index in [1.54, 1.807) is 42.5 Å². The number of halogens is 1. The maximum Gasteiger partial charge on any atom is 0.270 e. The normalized spacial score (nSPS) is 11.2. The number of nitro groups is 1. The van der Waals surface area contributed by atoms with Crippen molar-refractivity contribution in [2.45, 2.75) is 9.99 Å². The summed E-state index contributed by atoms with van der Waals surface area (Å²) in [6.45, 7) is 0. The molecule has 3 aromatic rings. The second-order valence-corrected chi connectivity index (χ2v) is 6.70. The third-order valence-electron chi connectivity index (χ3n) is 3.41. The Kier molecular flexibility index (Phi) is 5.42. The number of non-ortho nitro benzene ring substituents is 1. The van der Waals surface area contributed by atoms with Crippen LogP contribution in [0.15, 0.2) is 75.1 Å². The van der Waals surface area contributed by atoms with Crippen LogP contribution in [0.2, 0.25) is 5.02 Å². The monoisotopic (exact) mass is 382 g/mol. The van der Waals surface area contributed by atoms with E-state index < -0.39 is 4.92 Å². The van der Waals surface area contributed by atoms with Crippen LogP contribution in [0.3, 0.4) is 0 Å². The number of hydrogen-bond donors (Lipinski definition) is 0. The lowest BCUT2D eigenvalue weighted by Gasteiger charge is -1.99. The minimum Gasteiger partial charge on any atom is -0.450 e. The van der Waals surface area contributed by atoms with Gasteiger partial charge in [-0.3, -0.25) is 10.1 Å². The second kappa shape index (κ2) is 7.91. The van der Waals surface area contributed by atoms with Crippen molar-refractivity contribution in [3.63, 3.8) is 0 Å². The van der Waals surface area contributed by atoms with Gasteiger partial charge in [0.2, 0.25) is 0 Å². The number of hydrogen-bond acceptors (Lipinski definition) is 5. The third-order valence-corrected chi connectivity index (χ3v) is 4.59. The van der Waals surface area contributed by atoms with Crippen LogP contribution in [0.25, 0.3) is 11.6 Å². The van der Waals surface area contributed by atoms with Crippen molar-refractivity contribution in [2.75, 3.05) is 0 Å². The highest BCUT2D eigenvalue weighted by Crippen LogP contribution is 2.31. The van der Waals surface area contributed by atoms with Gasteiger partial charge in [0.05, 0.1) is 16.6 Å². The minimum absolute atomic E-state index is 0.0675. The van der Waals surface area contributed by atoms with Gasteiger partial charge in [-0.05, 0) is 48.0 Å². The first kappa shape index (κ1) is 17.8. The van der Waals surface area contributed by atoms with Gasteiger partial charge >= 0.3 is 0 Å². The van der Waals surface area contributed by atoms with E-state index in [1.165, 1.54) is 23.9 Å². The van der Waals surface area contributed by atoms with E-state index in [0.29, 0.717) is 21.4 Å². The topological polar surface area (TPSA) is 80.1 Å². The van der Waals surface area contributed by atoms with Gasteiger partial charge in [0.25, 0.3) is 5.69 Å². The Labute approximate surface area is 158 Å². The molecule has 1 heterocycles. The van der Waals surface area contributed by atoms with Crippen LogP contribution in [0.4, 0.5) is 5.69 Å². The van der Waals surface area contributed by atoms with Gasteiger partial charge in [0.1, 0.15) is 5.76 Å². The molecule has 0 unspecified atom stereocenters. The average molecular weight is 383 g/mol. The van der Waals surface area contributed by atoms with Crippen molar-refractivity contribution in [1.82, 2.24) is 0 Å². The number of furan rings is 1. The number of nitrogens with zero attached hydrogens (tertiary/aromatic N) is 2. The van der Waals surface area contributed by atoms with Gasteiger partial charge in [-0.1, -0.05) is 35.5 Å². The first-order valence-electron chi connectivity index (χ1n) is 7.45. The standard InChI is InChI=1S/C19H11ClN2O3S/c20-15-4-7-18(8-5-15)26-19-9-6-17(25-19)11-14(12-21)13-2-1-3-16(10-13)22(23)24/h1-11H/b14-11-. The van der Waals surface area contributed by atoms with Crippen LogP contribution in [-0.4, -0.2) is 4.92 Å². The molecule has 0 bridgehead atoms. The Morgan fingerprint density at radius 1 is 1.19 bits per heavy atom. The molecule has 0 saturated carbocycles. The fourth-order valence-corrected chi connectivity index (χ4v) is 3.10. The van der Waals surface area contributed by atoms with Gasteiger partial charge in [-0.15, -0.1) is 0 Å². The van der Waals surface area contributed by atoms with Crippen LogP contribution in [0.5, 0.6) is 0 Å². The predicted octanol–water partition coefficient (Wildman–Crippen LogP) is 6.06. The highest BCUT2D eigenvalue weighted by Gasteiger charge is 2.10. The van der Waals surface area contributed by atoms with E-state index in [1.807, 2.05) is 12.1 Å². The van der Waals surface area contributed by atoms with E-state index in [-0.39, 0.29) is 11.3 Å². The Balaban J connectivity index is 1.83. The summed E-state index contributed by atoms with van der Waals surface area (Å²) in [5.74, 6) is 0.490. The quantitative estimate of drug-likeness (QED) is 0.304. The van der Waals surface area contributed by atoms with E-state index in [0.717, 1.165) is 4.90 Å². The summed E-state index contributed by atoms with van der Waals surface area (Å²) in [7, 11) is 0. The third kappa shape index (κ3) is 4.33. The zero-order valence-corrected chi connectivity index (χ0v) is 14.8. The first-order chi connectivity index (χ1) is 12.5. The molecule has 1 aromatic heterocycles. The molecular weight excluding hydrogens is 372 g/mol. The molecular formula is C19H11ClN2O3S. The molecule has 0 amide bonds. The second-order valence-electron chi connectivity index (χ2n) is 5.19. The fraction of sp³-hybridized carbons (Fsp3) is 0. The number of nitro benzene ring substituents is 1. The Morgan fingerprint density at radius 2 is 1.96 bits per heavy atom. The van der Waals surface area contributed by atoms with Crippen LogP contribution < -0.4 is 0 Å². The molecule has 5 nitrogen and oxygen atoms in total. The maximum atomic E-state index is 10.9. The molecule has 0 saturated heterocycles. The predicted molar refractivity (Wildman–Crippen MR) is 101 cm³/mol. The Hall–Kier alpha value is -3.01. The summed E-state index contributed by atoms with van der Waals surface area (Å²) in [6.07, 6.45) is 1.56. The average Bonchev–Trinajstić information content (AvgIpc) is 3.08. The van der Waals surface area contributed by atoms with Crippen LogP contribution in [-0.2, 0) is 0 Å². The molecule has 0 radical (unpaired) electrons. The van der Waals surface area contributed by atoms with Crippen molar-refractivity contribution in [3.8, 4) is 6.07 Å². The van der Waals surface area contributed by atoms with Crippen molar-refractivity contribution >= 4 is 40.7 Å². The van der Waals surface area contributed by atoms with E-state index >= 15 is 0 Å². The molecule has 7 heteroatoms. The van der Waals surface area contributed by atoms with E-state index in [9.17, 15) is 15.4 Å². The summed E-state index contributed by atoms with van der Waals surface area (Å²) in [5.41, 5.74) is 0.679. The molecule has 0 aliphatic carbocycles. The van der Waals surface area contributed by atoms with Crippen LogP contribution in [0, 0.1) is 21.4 Å². The van der Waals surface area contributed by atoms with Crippen LogP contribution >= 0.6 is 23.4 Å². The molecule has 3 rings (SSSR count). The van der Waals surface area contributed by atoms with Crippen molar-refractivity contribution in [1.29, 1.82) is 5.26 Å². The van der Waals surface area contributed by atoms with Gasteiger partial charge in [-0.2, -0.15) is 5.26 Å². The van der Waals surface area contributed by atoms with Gasteiger partial charge < -0.3 is 4.42 Å². The lowest BCUT2D eigenvalue weighted by Crippen LogP contribution is -1.89. The molecule has 0 N–H and O–H groups in total. The molecule has 2 aromatic carbocycles. The summed E-state index contributed by atoms with van der Waals surface area (Å²) < 4.78 is 5.72. The number of rotatable bonds is 5. The molecule has 128 valence electrons. The largest absolute Gasteiger partial charge is 0.450 e. The summed E-state index contributed by atoms with van der Waals surface area (Å²) >= 11 is 7.29. The fourth-order valence-electron chi connectivity index (χ4n) is 2.20. The van der Waals surface area contributed by atoms with Crippen molar-refractivity contribution in [2.24, 2.45) is 0 Å². The zero-order valence-electron chi connectivity index (χ0n) is 13.3. The maximum absolute atomic E-state index is 10.9. The lowest BCUT2D eigenvalue weighted by atomic mass is 10.1. The molecule has 0 aliphatic heterocycles. The molecule has 0 fully saturated rings. The molecule has 26 heavy (non-hydrogen) atoms. The highest BCUT2D eigenvalue weighted by molar-refractivity contribution is 7.99. The van der Waals surface area contributed by atoms with Gasteiger partial charge in [0, 0.05) is 22.1 Å². The van der Waals surface area contributed by atoms with E-state index in [4.69, 9.17) is 16.0 Å². The Morgan fingerprint density at radius 3 is 2.65 bits per heavy atom.